The summed E-state index contributed by atoms with van der Waals surface area (Å²) in [6.07, 6.45) is 19.1. The first-order valence-corrected chi connectivity index (χ1v) is 16.6. The second-order valence-corrected chi connectivity index (χ2v) is 11.6. The molecule has 0 saturated carbocycles. The van der Waals surface area contributed by atoms with Gasteiger partial charge in [0.15, 0.2) is 0 Å². The standard InChI is InChI=1S/C37H52N4O2/c1-3-5-7-8-9-10-11-12-13-23-36(42)41-35(37(43)40-24-6-4-2)22-18-19-30-27-31(33-20-14-16-25-38-33)29-32(28-30)34-21-15-17-26-39-34/h14-17,20-21,25-29,35H,3-13,18-19,22-24H2,1-2H3,(H,40,43)(H,41,42)/t35-/m0/s1. The first-order chi connectivity index (χ1) is 21.1. The number of aromatic nitrogens is 2. The summed E-state index contributed by atoms with van der Waals surface area (Å²) in [7, 11) is 0. The van der Waals surface area contributed by atoms with E-state index in [1.165, 1.54) is 44.9 Å². The Morgan fingerprint density at radius 1 is 0.698 bits per heavy atom. The average molecular weight is 585 g/mol. The molecule has 0 aliphatic heterocycles. The van der Waals surface area contributed by atoms with Gasteiger partial charge >= 0.3 is 0 Å². The van der Waals surface area contributed by atoms with Crippen LogP contribution in [0.1, 0.15) is 109 Å². The van der Waals surface area contributed by atoms with Gasteiger partial charge in [-0.1, -0.05) is 83.8 Å². The molecule has 0 aliphatic rings. The van der Waals surface area contributed by atoms with Crippen LogP contribution >= 0.6 is 0 Å². The van der Waals surface area contributed by atoms with Crippen molar-refractivity contribution in [2.75, 3.05) is 6.54 Å². The van der Waals surface area contributed by atoms with E-state index in [1.54, 1.807) is 0 Å². The normalized spacial score (nSPS) is 11.7. The average Bonchev–Trinajstić information content (AvgIpc) is 3.04. The van der Waals surface area contributed by atoms with Crippen LogP contribution in [0.15, 0.2) is 67.0 Å². The molecule has 0 bridgehead atoms. The third-order valence-corrected chi connectivity index (χ3v) is 7.86. The Labute approximate surface area is 259 Å². The van der Waals surface area contributed by atoms with E-state index < -0.39 is 6.04 Å². The number of nitrogens with one attached hydrogen (secondary N) is 2. The van der Waals surface area contributed by atoms with Crippen LogP contribution in [0.4, 0.5) is 0 Å². The van der Waals surface area contributed by atoms with Crippen molar-refractivity contribution in [1.82, 2.24) is 20.6 Å². The molecule has 0 aliphatic carbocycles. The molecule has 3 rings (SSSR count). The first kappa shape index (κ1) is 34.0. The van der Waals surface area contributed by atoms with E-state index >= 15 is 0 Å². The van der Waals surface area contributed by atoms with Crippen LogP contribution in [0.5, 0.6) is 0 Å². The Morgan fingerprint density at radius 3 is 1.84 bits per heavy atom. The number of unbranched alkanes of at least 4 members (excludes halogenated alkanes) is 9. The Morgan fingerprint density at radius 2 is 1.28 bits per heavy atom. The van der Waals surface area contributed by atoms with Crippen molar-refractivity contribution in [1.29, 1.82) is 0 Å². The maximum absolute atomic E-state index is 13.1. The van der Waals surface area contributed by atoms with Crippen molar-refractivity contribution < 1.29 is 9.59 Å². The Kier molecular flexibility index (Phi) is 16.1. The van der Waals surface area contributed by atoms with Gasteiger partial charge in [-0.25, -0.2) is 0 Å². The first-order valence-electron chi connectivity index (χ1n) is 16.6. The third-order valence-electron chi connectivity index (χ3n) is 7.86. The molecule has 2 amide bonds. The van der Waals surface area contributed by atoms with Crippen LogP contribution in [-0.2, 0) is 16.0 Å². The summed E-state index contributed by atoms with van der Waals surface area (Å²) in [6, 6.07) is 17.8. The number of rotatable bonds is 21. The van der Waals surface area contributed by atoms with Gasteiger partial charge in [0.25, 0.3) is 0 Å². The van der Waals surface area contributed by atoms with Crippen LogP contribution in [-0.4, -0.2) is 34.4 Å². The predicted molar refractivity (Wildman–Crippen MR) is 178 cm³/mol. The molecule has 0 unspecified atom stereocenters. The summed E-state index contributed by atoms with van der Waals surface area (Å²) < 4.78 is 0. The molecule has 0 spiro atoms. The van der Waals surface area contributed by atoms with Crippen molar-refractivity contribution >= 4 is 11.8 Å². The van der Waals surface area contributed by atoms with Gasteiger partial charge < -0.3 is 10.6 Å². The van der Waals surface area contributed by atoms with Crippen molar-refractivity contribution in [3.05, 3.63) is 72.6 Å². The third kappa shape index (κ3) is 13.1. The number of amides is 2. The molecule has 232 valence electrons. The number of aryl methyl sites for hydroxylation is 1. The molecule has 0 fully saturated rings. The highest BCUT2D eigenvalue weighted by molar-refractivity contribution is 5.87. The van der Waals surface area contributed by atoms with E-state index in [9.17, 15) is 9.59 Å². The number of pyridine rings is 2. The van der Waals surface area contributed by atoms with Gasteiger partial charge in [0, 0.05) is 36.5 Å². The highest BCUT2D eigenvalue weighted by atomic mass is 16.2. The van der Waals surface area contributed by atoms with Gasteiger partial charge in [-0.05, 0) is 80.1 Å². The zero-order valence-corrected chi connectivity index (χ0v) is 26.5. The summed E-state index contributed by atoms with van der Waals surface area (Å²) >= 11 is 0. The molecule has 6 heteroatoms. The molecule has 1 atom stereocenters. The number of carbonyl (C=O) groups excluding carboxylic acids is 2. The fraction of sp³-hybridized carbons (Fsp3) is 0.514. The van der Waals surface area contributed by atoms with E-state index in [0.29, 0.717) is 19.4 Å². The summed E-state index contributed by atoms with van der Waals surface area (Å²) in [5, 5.41) is 6.09. The van der Waals surface area contributed by atoms with Crippen molar-refractivity contribution in [3.8, 4) is 22.5 Å². The second kappa shape index (κ2) is 20.4. The largest absolute Gasteiger partial charge is 0.354 e. The predicted octanol–water partition coefficient (Wildman–Crippen LogP) is 8.46. The van der Waals surface area contributed by atoms with Crippen LogP contribution in [0.25, 0.3) is 22.5 Å². The van der Waals surface area contributed by atoms with Crippen LogP contribution < -0.4 is 10.6 Å². The summed E-state index contributed by atoms with van der Waals surface area (Å²) in [5.41, 5.74) is 5.08. The Hall–Kier alpha value is -3.54. The molecule has 1 aromatic carbocycles. The summed E-state index contributed by atoms with van der Waals surface area (Å²) in [5.74, 6) is -0.0986. The molecule has 3 aromatic rings. The Bertz CT molecular complexity index is 1140. The molecular weight excluding hydrogens is 532 g/mol. The highest BCUT2D eigenvalue weighted by Crippen LogP contribution is 2.27. The molecule has 43 heavy (non-hydrogen) atoms. The number of nitrogens with zero attached hydrogens (tertiary/aromatic N) is 2. The zero-order valence-electron chi connectivity index (χ0n) is 26.5. The second-order valence-electron chi connectivity index (χ2n) is 11.6. The molecule has 2 aromatic heterocycles. The number of hydrogen-bond acceptors (Lipinski definition) is 4. The lowest BCUT2D eigenvalue weighted by Gasteiger charge is -2.19. The lowest BCUT2D eigenvalue weighted by Crippen LogP contribution is -2.47. The van der Waals surface area contributed by atoms with Gasteiger partial charge in [0.05, 0.1) is 11.4 Å². The minimum absolute atomic E-state index is 0.0202. The van der Waals surface area contributed by atoms with Gasteiger partial charge in [-0.15, -0.1) is 0 Å². The monoisotopic (exact) mass is 584 g/mol. The highest BCUT2D eigenvalue weighted by Gasteiger charge is 2.20. The maximum atomic E-state index is 13.1. The molecular formula is C37H52N4O2. The zero-order chi connectivity index (χ0) is 30.5. The molecule has 2 N–H and O–H groups in total. The molecule has 0 saturated heterocycles. The molecule has 2 heterocycles. The van der Waals surface area contributed by atoms with Gasteiger partial charge in [0.2, 0.25) is 11.8 Å². The van der Waals surface area contributed by atoms with Gasteiger partial charge in [-0.2, -0.15) is 0 Å². The minimum atomic E-state index is -0.517. The lowest BCUT2D eigenvalue weighted by atomic mass is 9.97. The molecule has 6 nitrogen and oxygen atoms in total. The van der Waals surface area contributed by atoms with E-state index in [4.69, 9.17) is 0 Å². The maximum Gasteiger partial charge on any atom is 0.242 e. The van der Waals surface area contributed by atoms with Gasteiger partial charge in [-0.3, -0.25) is 19.6 Å². The Balaban J connectivity index is 1.57. The quantitative estimate of drug-likeness (QED) is 0.123. The fourth-order valence-corrected chi connectivity index (χ4v) is 5.35. The van der Waals surface area contributed by atoms with Crippen LogP contribution in [0.2, 0.25) is 0 Å². The van der Waals surface area contributed by atoms with Crippen molar-refractivity contribution in [2.24, 2.45) is 0 Å². The van der Waals surface area contributed by atoms with Crippen LogP contribution in [0.3, 0.4) is 0 Å². The van der Waals surface area contributed by atoms with E-state index in [-0.39, 0.29) is 11.8 Å². The van der Waals surface area contributed by atoms with Crippen LogP contribution in [0, 0.1) is 0 Å². The topological polar surface area (TPSA) is 84.0 Å². The van der Waals surface area contributed by atoms with E-state index in [2.05, 4.69) is 52.6 Å². The number of carbonyl (C=O) groups is 2. The summed E-state index contributed by atoms with van der Waals surface area (Å²) in [6.45, 7) is 4.99. The molecule has 0 radical (unpaired) electrons. The van der Waals surface area contributed by atoms with Crippen molar-refractivity contribution in [3.63, 3.8) is 0 Å². The van der Waals surface area contributed by atoms with E-state index in [1.807, 2.05) is 48.8 Å². The minimum Gasteiger partial charge on any atom is -0.354 e. The lowest BCUT2D eigenvalue weighted by molar-refractivity contribution is -0.129. The number of hydrogen-bond donors (Lipinski definition) is 2. The SMILES string of the molecule is CCCCCCCCCCCC(=O)N[C@@H](CCCc1cc(-c2ccccn2)cc(-c2ccccn2)c1)C(=O)NCCCC. The number of benzene rings is 1. The van der Waals surface area contributed by atoms with Gasteiger partial charge in [0.1, 0.15) is 6.04 Å². The smallest absolute Gasteiger partial charge is 0.242 e. The fourth-order valence-electron chi connectivity index (χ4n) is 5.35. The summed E-state index contributed by atoms with van der Waals surface area (Å²) in [4.78, 5) is 35.0. The van der Waals surface area contributed by atoms with E-state index in [0.717, 1.165) is 66.6 Å². The van der Waals surface area contributed by atoms with Crippen molar-refractivity contribution in [2.45, 2.75) is 116 Å².